The average molecular weight is 922 g/mol. The third-order valence-electron chi connectivity index (χ3n) is 9.92. The van der Waals surface area contributed by atoms with Crippen molar-refractivity contribution in [2.45, 2.75) is 108 Å². The summed E-state index contributed by atoms with van der Waals surface area (Å²) in [5.74, 6) is -10.1. The molecule has 362 valence electrons. The van der Waals surface area contributed by atoms with Gasteiger partial charge in [0.25, 0.3) is 0 Å². The minimum atomic E-state index is -1.75. The van der Waals surface area contributed by atoms with Crippen molar-refractivity contribution in [2.24, 2.45) is 33.8 Å². The Morgan fingerprint density at radius 3 is 2.02 bits per heavy atom. The van der Waals surface area contributed by atoms with E-state index in [1.54, 1.807) is 13.8 Å². The van der Waals surface area contributed by atoms with Crippen molar-refractivity contribution < 1.29 is 58.2 Å². The number of hydrogen-bond donors (Lipinski definition) is 14. The highest BCUT2D eigenvalue weighted by Crippen LogP contribution is 2.20. The number of aliphatic imine (C=N–C) groups is 1. The number of aromatic amines is 1. The van der Waals surface area contributed by atoms with E-state index in [9.17, 15) is 58.2 Å². The van der Waals surface area contributed by atoms with Crippen molar-refractivity contribution in [1.82, 2.24) is 52.1 Å². The summed E-state index contributed by atoms with van der Waals surface area (Å²) in [5.41, 5.74) is 22.0. The van der Waals surface area contributed by atoms with Gasteiger partial charge in [-0.25, -0.2) is 9.78 Å². The zero-order valence-corrected chi connectivity index (χ0v) is 36.4. The summed E-state index contributed by atoms with van der Waals surface area (Å²) in [5, 5.41) is 36.2. The van der Waals surface area contributed by atoms with Gasteiger partial charge < -0.3 is 80.2 Å². The van der Waals surface area contributed by atoms with Crippen LogP contribution in [-0.2, 0) is 54.4 Å². The first-order valence-electron chi connectivity index (χ1n) is 21.0. The number of carboxylic acid groups (broad SMARTS) is 2. The number of nitrogens with one attached hydrogen (secondary N) is 8. The molecule has 0 radical (unpaired) electrons. The molecule has 0 aromatic carbocycles. The van der Waals surface area contributed by atoms with Crippen molar-refractivity contribution in [3.8, 4) is 0 Å². The number of rotatable bonds is 29. The zero-order valence-electron chi connectivity index (χ0n) is 36.4. The summed E-state index contributed by atoms with van der Waals surface area (Å²) >= 11 is 0. The Labute approximate surface area is 374 Å². The van der Waals surface area contributed by atoms with Gasteiger partial charge in [-0.2, -0.15) is 0 Å². The SMILES string of the molecule is CC(C)C(NC(=O)C(CC(=O)O)NC(=O)CNC(=O)C1CCCN1C(=O)C(Cc1cnc[nH]1)NC(=O)CNC(=O)CN)C(=O)NC(CCCCN)C(=O)NC(CCCN=C(N)N)C(=O)O. The molecule has 0 aliphatic carbocycles. The maximum Gasteiger partial charge on any atom is 0.326 e. The molecule has 27 nitrogen and oxygen atoms in total. The van der Waals surface area contributed by atoms with Crippen LogP contribution in [0.4, 0.5) is 0 Å². The maximum atomic E-state index is 13.8. The summed E-state index contributed by atoms with van der Waals surface area (Å²) in [6.07, 6.45) is 3.44. The van der Waals surface area contributed by atoms with Crippen LogP contribution in [0.1, 0.15) is 70.9 Å². The van der Waals surface area contributed by atoms with Crippen LogP contribution < -0.4 is 60.2 Å². The summed E-state index contributed by atoms with van der Waals surface area (Å²) in [6.45, 7) is 2.02. The molecule has 1 aromatic heterocycles. The van der Waals surface area contributed by atoms with Gasteiger partial charge >= 0.3 is 11.9 Å². The van der Waals surface area contributed by atoms with Crippen LogP contribution >= 0.6 is 0 Å². The van der Waals surface area contributed by atoms with Gasteiger partial charge in [0.2, 0.25) is 47.3 Å². The van der Waals surface area contributed by atoms with E-state index >= 15 is 0 Å². The molecule has 18 N–H and O–H groups in total. The Balaban J connectivity index is 2.13. The number of imidazole rings is 1. The number of unbranched alkanes of at least 4 members (excludes halogenated alkanes) is 1. The minimum absolute atomic E-state index is 0.0417. The number of amides is 8. The number of H-pyrrole nitrogens is 1. The first-order chi connectivity index (χ1) is 30.8. The fraction of sp³-hybridized carbons (Fsp3) is 0.632. The van der Waals surface area contributed by atoms with Gasteiger partial charge in [0, 0.05) is 31.4 Å². The highest BCUT2D eigenvalue weighted by atomic mass is 16.4. The molecule has 1 aliphatic rings. The van der Waals surface area contributed by atoms with Gasteiger partial charge in [0.1, 0.15) is 36.3 Å². The van der Waals surface area contributed by atoms with Gasteiger partial charge in [-0.15, -0.1) is 0 Å². The Morgan fingerprint density at radius 1 is 0.800 bits per heavy atom. The Morgan fingerprint density at radius 2 is 1.43 bits per heavy atom. The van der Waals surface area contributed by atoms with Gasteiger partial charge in [-0.05, 0) is 57.4 Å². The number of guanidine groups is 1. The second-order valence-corrected chi connectivity index (χ2v) is 15.4. The second-order valence-electron chi connectivity index (χ2n) is 15.4. The molecule has 1 aromatic rings. The van der Waals surface area contributed by atoms with Crippen LogP contribution in [0.2, 0.25) is 0 Å². The quantitative estimate of drug-likeness (QED) is 0.0202. The van der Waals surface area contributed by atoms with Crippen molar-refractivity contribution in [3.63, 3.8) is 0 Å². The van der Waals surface area contributed by atoms with Crippen LogP contribution in [0, 0.1) is 5.92 Å². The van der Waals surface area contributed by atoms with Gasteiger partial charge in [-0.1, -0.05) is 13.8 Å². The smallest absolute Gasteiger partial charge is 0.326 e. The molecule has 0 spiro atoms. The van der Waals surface area contributed by atoms with E-state index < -0.39 is 121 Å². The summed E-state index contributed by atoms with van der Waals surface area (Å²) in [6, 6.07) is -8.03. The van der Waals surface area contributed by atoms with Crippen LogP contribution in [-0.4, -0.2) is 166 Å². The van der Waals surface area contributed by atoms with E-state index in [1.165, 1.54) is 17.4 Å². The molecular formula is C38H63N15O12. The lowest BCUT2D eigenvalue weighted by molar-refractivity contribution is -0.142. The van der Waals surface area contributed by atoms with E-state index in [0.717, 1.165) is 0 Å². The highest BCUT2D eigenvalue weighted by molar-refractivity contribution is 5.98. The van der Waals surface area contributed by atoms with Crippen LogP contribution in [0.25, 0.3) is 0 Å². The third kappa shape index (κ3) is 19.6. The molecule has 27 heteroatoms. The number of aromatic nitrogens is 2. The molecule has 0 bridgehead atoms. The van der Waals surface area contributed by atoms with E-state index in [1.807, 2.05) is 0 Å². The molecule has 6 atom stereocenters. The third-order valence-corrected chi connectivity index (χ3v) is 9.92. The van der Waals surface area contributed by atoms with E-state index in [-0.39, 0.29) is 64.2 Å². The molecule has 1 saturated heterocycles. The summed E-state index contributed by atoms with van der Waals surface area (Å²) in [7, 11) is 0. The molecule has 0 saturated carbocycles. The number of aliphatic carboxylic acids is 2. The first kappa shape index (κ1) is 54.2. The molecule has 8 amide bonds. The van der Waals surface area contributed by atoms with Crippen molar-refractivity contribution in [3.05, 3.63) is 18.2 Å². The summed E-state index contributed by atoms with van der Waals surface area (Å²) in [4.78, 5) is 140. The van der Waals surface area contributed by atoms with Gasteiger partial charge in [0.05, 0.1) is 32.4 Å². The van der Waals surface area contributed by atoms with Gasteiger partial charge in [0.15, 0.2) is 5.96 Å². The molecule has 1 aliphatic heterocycles. The van der Waals surface area contributed by atoms with Crippen LogP contribution in [0.15, 0.2) is 17.5 Å². The van der Waals surface area contributed by atoms with Crippen molar-refractivity contribution >= 4 is 65.2 Å². The van der Waals surface area contributed by atoms with Crippen molar-refractivity contribution in [2.75, 3.05) is 39.3 Å². The number of hydrogen-bond acceptors (Lipinski definition) is 14. The predicted octanol–water partition coefficient (Wildman–Crippen LogP) is -6.04. The minimum Gasteiger partial charge on any atom is -0.481 e. The predicted molar refractivity (Wildman–Crippen MR) is 229 cm³/mol. The normalized spacial score (nSPS) is 15.5. The maximum absolute atomic E-state index is 13.8. The molecule has 2 heterocycles. The first-order valence-corrected chi connectivity index (χ1v) is 21.0. The monoisotopic (exact) mass is 921 g/mol. The number of carboxylic acids is 2. The topological polar surface area (TPSA) is 444 Å². The van der Waals surface area contributed by atoms with Gasteiger partial charge in [-0.3, -0.25) is 48.1 Å². The van der Waals surface area contributed by atoms with Crippen molar-refractivity contribution in [1.29, 1.82) is 0 Å². The largest absolute Gasteiger partial charge is 0.481 e. The van der Waals surface area contributed by atoms with Crippen LogP contribution in [0.3, 0.4) is 0 Å². The zero-order chi connectivity index (χ0) is 48.6. The fourth-order valence-electron chi connectivity index (χ4n) is 6.58. The molecule has 65 heavy (non-hydrogen) atoms. The lowest BCUT2D eigenvalue weighted by Crippen LogP contribution is -2.59. The second kappa shape index (κ2) is 28.0. The van der Waals surface area contributed by atoms with E-state index in [2.05, 4.69) is 52.2 Å². The highest BCUT2D eigenvalue weighted by Gasteiger charge is 2.39. The lowest BCUT2D eigenvalue weighted by atomic mass is 10.0. The Kier molecular flexibility index (Phi) is 23.4. The number of nitrogens with zero attached hydrogens (tertiary/aromatic N) is 3. The molecule has 1 fully saturated rings. The van der Waals surface area contributed by atoms with Crippen LogP contribution in [0.5, 0.6) is 0 Å². The lowest BCUT2D eigenvalue weighted by Gasteiger charge is -2.29. The Bertz CT molecular complexity index is 1840. The fourth-order valence-corrected chi connectivity index (χ4v) is 6.58. The summed E-state index contributed by atoms with van der Waals surface area (Å²) < 4.78 is 0. The average Bonchev–Trinajstić information content (AvgIpc) is 3.96. The number of nitrogens with two attached hydrogens (primary N) is 4. The standard InChI is InChI=1S/C38H63N15O12/c1-20(2)31(35(62)50-22(7-3-4-10-39)32(59)51-23(37(64)65)8-5-11-44-38(41)42)52-33(60)24(14-30(57)58)48-29(56)18-46-34(61)26-9-6-12-53(26)36(63)25(13-21-16-43-19-47-21)49-28(55)17-45-27(54)15-40/h16,19-20,22-26,31H,3-15,17-18,39-40H2,1-2H3,(H,43,47)(H,45,54)(H,46,61)(H,48,56)(H,49,55)(H,50,62)(H,51,59)(H,52,60)(H,57,58)(H,64,65)(H4,41,42,44). The molecule has 6 unspecified atom stereocenters. The number of likely N-dealkylation sites (tertiary alicyclic amines) is 1. The number of carbonyl (C=O) groups is 10. The molecule has 2 rings (SSSR count). The van der Waals surface area contributed by atoms with E-state index in [0.29, 0.717) is 25.0 Å². The molecular weight excluding hydrogens is 859 g/mol. The Hall–Kier alpha value is -6.90. The van der Waals surface area contributed by atoms with E-state index in [4.69, 9.17) is 22.9 Å². The number of carbonyl (C=O) groups excluding carboxylic acids is 8.